The topological polar surface area (TPSA) is 46.4 Å². The number of rotatable bonds is 3. The Morgan fingerprint density at radius 1 is 1.70 bits per heavy atom. The molecule has 0 aromatic carbocycles. The van der Waals surface area contributed by atoms with Gasteiger partial charge < -0.3 is 4.90 Å². The van der Waals surface area contributed by atoms with E-state index in [-0.39, 0.29) is 10.6 Å². The molecule has 58 valence electrons. The van der Waals surface area contributed by atoms with Crippen LogP contribution in [0.25, 0.3) is 0 Å². The Labute approximate surface area is 60.3 Å². The Morgan fingerprint density at radius 2 is 2.20 bits per heavy atom. The molecule has 0 spiro atoms. The third kappa shape index (κ3) is 3.06. The molecule has 0 radical (unpaired) electrons. The highest BCUT2D eigenvalue weighted by molar-refractivity contribution is 4.88. The fourth-order valence-corrected chi connectivity index (χ4v) is 0.566. The van der Waals surface area contributed by atoms with Crippen molar-refractivity contribution in [2.24, 2.45) is 0 Å². The Balaban J connectivity index is 4.19. The second kappa shape index (κ2) is 3.87. The Kier molecular flexibility index (Phi) is 3.46. The first-order valence-corrected chi connectivity index (χ1v) is 3.09. The van der Waals surface area contributed by atoms with Gasteiger partial charge in [0.05, 0.1) is 11.1 Å². The number of hydrogen-bond acceptors (Lipinski definition) is 3. The second-order valence-corrected chi connectivity index (χ2v) is 2.19. The molecule has 0 fully saturated rings. The zero-order chi connectivity index (χ0) is 8.15. The van der Waals surface area contributed by atoms with Crippen LogP contribution < -0.4 is 0 Å². The molecule has 0 heterocycles. The van der Waals surface area contributed by atoms with E-state index in [0.717, 1.165) is 0 Å². The predicted molar refractivity (Wildman–Crippen MR) is 39.1 cm³/mol. The average molecular weight is 144 g/mol. The minimum atomic E-state index is -0.361. The maximum absolute atomic E-state index is 10.2. The molecule has 0 amide bonds. The van der Waals surface area contributed by atoms with Gasteiger partial charge in [-0.25, -0.2) is 0 Å². The van der Waals surface area contributed by atoms with Gasteiger partial charge in [0, 0.05) is 20.5 Å². The molecule has 0 N–H and O–H groups in total. The summed E-state index contributed by atoms with van der Waals surface area (Å²) in [5.74, 6) is 0. The summed E-state index contributed by atoms with van der Waals surface area (Å²) in [6.45, 7) is 1.76. The van der Waals surface area contributed by atoms with Crippen LogP contribution in [0.4, 0.5) is 0 Å². The van der Waals surface area contributed by atoms with E-state index in [1.165, 1.54) is 6.20 Å². The van der Waals surface area contributed by atoms with Crippen molar-refractivity contribution in [1.29, 1.82) is 0 Å². The Bertz CT molecular complexity index is 152. The lowest BCUT2D eigenvalue weighted by Crippen LogP contribution is -2.07. The zero-order valence-corrected chi connectivity index (χ0v) is 6.50. The molecule has 0 rings (SSSR count). The van der Waals surface area contributed by atoms with Crippen molar-refractivity contribution in [1.82, 2.24) is 4.90 Å². The summed E-state index contributed by atoms with van der Waals surface area (Å²) in [6.07, 6.45) is 1.98. The first-order valence-electron chi connectivity index (χ1n) is 3.09. The summed E-state index contributed by atoms with van der Waals surface area (Å²) < 4.78 is 0. The van der Waals surface area contributed by atoms with Gasteiger partial charge >= 0.3 is 0 Å². The van der Waals surface area contributed by atoms with Gasteiger partial charge in [-0.2, -0.15) is 0 Å². The van der Waals surface area contributed by atoms with E-state index in [2.05, 4.69) is 0 Å². The molecule has 0 aromatic rings. The van der Waals surface area contributed by atoms with Gasteiger partial charge in [-0.1, -0.05) is 6.92 Å². The van der Waals surface area contributed by atoms with Crippen LogP contribution in [0.3, 0.4) is 0 Å². The van der Waals surface area contributed by atoms with Crippen molar-refractivity contribution >= 4 is 0 Å². The smallest absolute Gasteiger partial charge is 0.261 e. The number of nitrogens with zero attached hydrogens (tertiary/aromatic N) is 2. The number of hydrogen-bond donors (Lipinski definition) is 0. The van der Waals surface area contributed by atoms with Crippen molar-refractivity contribution in [3.8, 4) is 0 Å². The quantitative estimate of drug-likeness (QED) is 0.439. The lowest BCUT2D eigenvalue weighted by Gasteiger charge is -2.03. The SMILES string of the molecule is CC/C(=C\N(C)C)[N+](=O)[O-]. The van der Waals surface area contributed by atoms with Gasteiger partial charge in [-0.05, 0) is 0 Å². The Morgan fingerprint density at radius 3 is 2.30 bits per heavy atom. The van der Waals surface area contributed by atoms with Crippen LogP contribution in [0.15, 0.2) is 11.9 Å². The highest BCUT2D eigenvalue weighted by atomic mass is 16.6. The maximum atomic E-state index is 10.2. The first-order chi connectivity index (χ1) is 4.57. The van der Waals surface area contributed by atoms with Crippen LogP contribution in [0.2, 0.25) is 0 Å². The van der Waals surface area contributed by atoms with E-state index in [4.69, 9.17) is 0 Å². The van der Waals surface area contributed by atoms with Crippen molar-refractivity contribution in [2.75, 3.05) is 14.1 Å². The van der Waals surface area contributed by atoms with Crippen molar-refractivity contribution in [3.05, 3.63) is 22.0 Å². The van der Waals surface area contributed by atoms with Gasteiger partial charge in [0.25, 0.3) is 5.70 Å². The fourth-order valence-electron chi connectivity index (χ4n) is 0.566. The molecule has 0 bridgehead atoms. The van der Waals surface area contributed by atoms with Crippen molar-refractivity contribution in [3.63, 3.8) is 0 Å². The summed E-state index contributed by atoms with van der Waals surface area (Å²) in [6, 6.07) is 0. The molecule has 0 saturated heterocycles. The molecule has 0 aliphatic rings. The second-order valence-electron chi connectivity index (χ2n) is 2.19. The molecule has 10 heavy (non-hydrogen) atoms. The van der Waals surface area contributed by atoms with Crippen molar-refractivity contribution in [2.45, 2.75) is 13.3 Å². The minimum Gasteiger partial charge on any atom is -0.378 e. The van der Waals surface area contributed by atoms with Gasteiger partial charge in [-0.3, -0.25) is 10.1 Å². The largest absolute Gasteiger partial charge is 0.378 e. The van der Waals surface area contributed by atoms with Crippen LogP contribution in [0.5, 0.6) is 0 Å². The monoisotopic (exact) mass is 144 g/mol. The van der Waals surface area contributed by atoms with E-state index in [1.54, 1.807) is 25.9 Å². The third-order valence-corrected chi connectivity index (χ3v) is 1.00. The molecule has 0 aromatic heterocycles. The van der Waals surface area contributed by atoms with Crippen LogP contribution in [-0.2, 0) is 0 Å². The van der Waals surface area contributed by atoms with E-state index in [1.807, 2.05) is 0 Å². The first kappa shape index (κ1) is 8.94. The van der Waals surface area contributed by atoms with E-state index >= 15 is 0 Å². The molecule has 4 nitrogen and oxygen atoms in total. The molecule has 0 aliphatic heterocycles. The maximum Gasteiger partial charge on any atom is 0.261 e. The lowest BCUT2D eigenvalue weighted by atomic mass is 10.4. The standard InChI is InChI=1S/C6H12N2O2/c1-4-6(8(9)10)5-7(2)3/h5H,4H2,1-3H3/b6-5+. The highest BCUT2D eigenvalue weighted by Gasteiger charge is 2.05. The molecule has 4 heteroatoms. The summed E-state index contributed by atoms with van der Waals surface area (Å²) in [5, 5.41) is 10.2. The van der Waals surface area contributed by atoms with Crippen LogP contribution in [0, 0.1) is 10.1 Å². The van der Waals surface area contributed by atoms with Gasteiger partial charge in [0.15, 0.2) is 0 Å². The fraction of sp³-hybridized carbons (Fsp3) is 0.667. The lowest BCUT2D eigenvalue weighted by molar-refractivity contribution is -0.428. The number of nitro groups is 1. The zero-order valence-electron chi connectivity index (χ0n) is 6.50. The van der Waals surface area contributed by atoms with Crippen LogP contribution in [0.1, 0.15) is 13.3 Å². The average Bonchev–Trinajstić information content (AvgIpc) is 1.81. The molecular weight excluding hydrogens is 132 g/mol. The molecule has 0 atom stereocenters. The van der Waals surface area contributed by atoms with Crippen LogP contribution in [-0.4, -0.2) is 23.9 Å². The summed E-state index contributed by atoms with van der Waals surface area (Å²) in [7, 11) is 3.53. The Hall–Kier alpha value is -1.06. The van der Waals surface area contributed by atoms with E-state index in [0.29, 0.717) is 6.42 Å². The normalized spacial score (nSPS) is 11.3. The minimum absolute atomic E-state index is 0.241. The van der Waals surface area contributed by atoms with Gasteiger partial charge in [0.1, 0.15) is 0 Å². The predicted octanol–water partition coefficient (Wildman–Crippen LogP) is 1.08. The molecule has 0 aliphatic carbocycles. The molecule has 0 saturated carbocycles. The highest BCUT2D eigenvalue weighted by Crippen LogP contribution is 2.00. The summed E-state index contributed by atoms with van der Waals surface area (Å²) >= 11 is 0. The molecule has 0 unspecified atom stereocenters. The van der Waals surface area contributed by atoms with Gasteiger partial charge in [0.2, 0.25) is 0 Å². The van der Waals surface area contributed by atoms with Crippen molar-refractivity contribution < 1.29 is 4.92 Å². The third-order valence-electron chi connectivity index (χ3n) is 1.00. The van der Waals surface area contributed by atoms with E-state index < -0.39 is 0 Å². The van der Waals surface area contributed by atoms with Gasteiger partial charge in [-0.15, -0.1) is 0 Å². The summed E-state index contributed by atoms with van der Waals surface area (Å²) in [5.41, 5.74) is 0.241. The van der Waals surface area contributed by atoms with Crippen LogP contribution >= 0.6 is 0 Å². The summed E-state index contributed by atoms with van der Waals surface area (Å²) in [4.78, 5) is 11.5. The molecular formula is C6H12N2O2. The van der Waals surface area contributed by atoms with E-state index in [9.17, 15) is 10.1 Å². The number of allylic oxidation sites excluding steroid dienone is 1.